The van der Waals surface area contributed by atoms with Crippen molar-refractivity contribution in [2.75, 3.05) is 13.2 Å². The van der Waals surface area contributed by atoms with Crippen LogP contribution in [0.4, 0.5) is 0 Å². The molecule has 5 heteroatoms. The minimum absolute atomic E-state index is 0.156. The van der Waals surface area contributed by atoms with Crippen molar-refractivity contribution in [3.05, 3.63) is 75.8 Å². The van der Waals surface area contributed by atoms with E-state index < -0.39 is 5.97 Å². The highest BCUT2D eigenvalue weighted by molar-refractivity contribution is 7.11. The molecule has 0 N–H and O–H groups in total. The fraction of sp³-hybridized carbons (Fsp3) is 0.182. The van der Waals surface area contributed by atoms with Gasteiger partial charge in [-0.05, 0) is 25.0 Å². The zero-order valence-corrected chi connectivity index (χ0v) is 16.0. The van der Waals surface area contributed by atoms with Crippen LogP contribution in [-0.2, 0) is 4.74 Å². The van der Waals surface area contributed by atoms with Gasteiger partial charge >= 0.3 is 5.97 Å². The molecule has 0 fully saturated rings. The van der Waals surface area contributed by atoms with Gasteiger partial charge in [-0.3, -0.25) is 4.79 Å². The van der Waals surface area contributed by atoms with Crippen LogP contribution >= 0.6 is 11.3 Å². The van der Waals surface area contributed by atoms with Gasteiger partial charge in [-0.2, -0.15) is 0 Å². The third-order valence-corrected chi connectivity index (χ3v) is 4.87. The van der Waals surface area contributed by atoms with Gasteiger partial charge in [0.2, 0.25) is 4.74 Å². The lowest BCUT2D eigenvalue weighted by Crippen LogP contribution is -2.14. The van der Waals surface area contributed by atoms with Crippen molar-refractivity contribution in [1.29, 1.82) is 0 Å². The molecule has 4 nitrogen and oxygen atoms in total. The minimum atomic E-state index is -0.492. The van der Waals surface area contributed by atoms with Crippen LogP contribution in [0.2, 0.25) is 0 Å². The van der Waals surface area contributed by atoms with Crippen molar-refractivity contribution in [2.45, 2.75) is 13.8 Å². The predicted molar refractivity (Wildman–Crippen MR) is 109 cm³/mol. The Morgan fingerprint density at radius 2 is 1.41 bits per heavy atom. The van der Waals surface area contributed by atoms with Crippen LogP contribution < -0.4 is 9.48 Å². The molecule has 1 heterocycles. The SMILES string of the molecule is CCOC(=O)c1c(OCC)sc(=O)c(-c2ccccc2)c1-c1ccccc1. The molecular formula is C22H20O4S. The largest absolute Gasteiger partial charge is 0.483 e. The Morgan fingerprint density at radius 3 is 1.93 bits per heavy atom. The Morgan fingerprint density at radius 1 is 0.852 bits per heavy atom. The Labute approximate surface area is 162 Å². The van der Waals surface area contributed by atoms with Crippen LogP contribution in [0.3, 0.4) is 0 Å². The fourth-order valence-electron chi connectivity index (χ4n) is 2.90. The minimum Gasteiger partial charge on any atom is -0.483 e. The highest BCUT2D eigenvalue weighted by Gasteiger charge is 2.27. The van der Waals surface area contributed by atoms with Gasteiger partial charge in [0.15, 0.2) is 5.06 Å². The molecule has 0 saturated carbocycles. The average molecular weight is 380 g/mol. The lowest BCUT2D eigenvalue weighted by molar-refractivity contribution is 0.0524. The number of esters is 1. The van der Waals surface area contributed by atoms with E-state index in [2.05, 4.69) is 0 Å². The van der Waals surface area contributed by atoms with Gasteiger partial charge < -0.3 is 9.47 Å². The third kappa shape index (κ3) is 3.93. The first kappa shape index (κ1) is 18.9. The summed E-state index contributed by atoms with van der Waals surface area (Å²) in [5.74, 6) is -0.492. The van der Waals surface area contributed by atoms with Crippen LogP contribution in [0.25, 0.3) is 22.3 Å². The van der Waals surface area contributed by atoms with E-state index in [1.54, 1.807) is 6.92 Å². The van der Waals surface area contributed by atoms with Gasteiger partial charge in [-0.1, -0.05) is 72.0 Å². The fourth-order valence-corrected chi connectivity index (χ4v) is 3.85. The van der Waals surface area contributed by atoms with Gasteiger partial charge in [-0.25, -0.2) is 4.79 Å². The highest BCUT2D eigenvalue weighted by Crippen LogP contribution is 2.39. The Hall–Kier alpha value is -2.92. The standard InChI is InChI=1S/C22H20O4S/c1-3-25-20(23)19-17(15-11-7-5-8-12-15)18(16-13-9-6-10-14-16)21(24)27-22(19)26-4-2/h5-14H,3-4H2,1-2H3. The van der Waals surface area contributed by atoms with E-state index >= 15 is 0 Å². The molecule has 3 aromatic rings. The zero-order chi connectivity index (χ0) is 19.2. The molecule has 27 heavy (non-hydrogen) atoms. The first-order valence-electron chi connectivity index (χ1n) is 8.79. The molecule has 0 amide bonds. The van der Waals surface area contributed by atoms with E-state index in [0.29, 0.717) is 28.4 Å². The molecule has 0 aliphatic heterocycles. The maximum absolute atomic E-state index is 13.0. The molecule has 0 aliphatic rings. The van der Waals surface area contributed by atoms with Crippen LogP contribution in [0.15, 0.2) is 65.5 Å². The molecule has 0 unspecified atom stereocenters. The summed E-state index contributed by atoms with van der Waals surface area (Å²) < 4.78 is 10.8. The second kappa shape index (κ2) is 8.64. The van der Waals surface area contributed by atoms with Crippen molar-refractivity contribution in [3.8, 4) is 27.3 Å². The van der Waals surface area contributed by atoms with Crippen LogP contribution in [0.1, 0.15) is 24.2 Å². The van der Waals surface area contributed by atoms with Crippen LogP contribution in [0, 0.1) is 0 Å². The van der Waals surface area contributed by atoms with Gasteiger partial charge in [0.05, 0.1) is 13.2 Å². The van der Waals surface area contributed by atoms with Crippen molar-refractivity contribution < 1.29 is 14.3 Å². The summed E-state index contributed by atoms with van der Waals surface area (Å²) in [6.07, 6.45) is 0. The van der Waals surface area contributed by atoms with Gasteiger partial charge in [0.25, 0.3) is 0 Å². The van der Waals surface area contributed by atoms with Crippen molar-refractivity contribution in [3.63, 3.8) is 0 Å². The van der Waals surface area contributed by atoms with Crippen molar-refractivity contribution in [1.82, 2.24) is 0 Å². The molecular weight excluding hydrogens is 360 g/mol. The normalized spacial score (nSPS) is 10.4. The molecule has 0 bridgehead atoms. The van der Waals surface area contributed by atoms with Crippen LogP contribution in [0.5, 0.6) is 5.06 Å². The third-order valence-electron chi connectivity index (χ3n) is 3.97. The Kier molecular flexibility index (Phi) is 6.04. The lowest BCUT2D eigenvalue weighted by Gasteiger charge is -2.17. The summed E-state index contributed by atoms with van der Waals surface area (Å²) >= 11 is 0.934. The van der Waals surface area contributed by atoms with E-state index in [1.165, 1.54) is 0 Å². The number of ether oxygens (including phenoxy) is 2. The Bertz CT molecular complexity index is 978. The predicted octanol–water partition coefficient (Wildman–Crippen LogP) is 5.02. The topological polar surface area (TPSA) is 52.6 Å². The summed E-state index contributed by atoms with van der Waals surface area (Å²) in [6.45, 7) is 4.16. The molecule has 0 radical (unpaired) electrons. The van der Waals surface area contributed by atoms with Crippen molar-refractivity contribution in [2.24, 2.45) is 0 Å². The average Bonchev–Trinajstić information content (AvgIpc) is 2.69. The van der Waals surface area contributed by atoms with Crippen LogP contribution in [-0.4, -0.2) is 19.2 Å². The van der Waals surface area contributed by atoms with Gasteiger partial charge in [0.1, 0.15) is 5.56 Å². The monoisotopic (exact) mass is 380 g/mol. The van der Waals surface area contributed by atoms with E-state index in [-0.39, 0.29) is 11.3 Å². The van der Waals surface area contributed by atoms with E-state index in [0.717, 1.165) is 22.5 Å². The summed E-state index contributed by atoms with van der Waals surface area (Å²) in [6, 6.07) is 18.8. The number of carbonyl (C=O) groups is 1. The molecule has 0 spiro atoms. The molecule has 0 aliphatic carbocycles. The van der Waals surface area contributed by atoms with E-state index in [4.69, 9.17) is 9.47 Å². The molecule has 0 atom stereocenters. The summed E-state index contributed by atoms with van der Waals surface area (Å²) in [5.41, 5.74) is 2.86. The molecule has 138 valence electrons. The zero-order valence-electron chi connectivity index (χ0n) is 15.2. The summed E-state index contributed by atoms with van der Waals surface area (Å²) in [4.78, 5) is 25.9. The highest BCUT2D eigenvalue weighted by atomic mass is 32.1. The first-order chi connectivity index (χ1) is 13.2. The molecule has 0 saturated heterocycles. The van der Waals surface area contributed by atoms with Gasteiger partial charge in [0, 0.05) is 11.1 Å². The van der Waals surface area contributed by atoms with Gasteiger partial charge in [-0.15, -0.1) is 0 Å². The smallest absolute Gasteiger partial charge is 0.343 e. The summed E-state index contributed by atoms with van der Waals surface area (Å²) in [5, 5.41) is 0.291. The first-order valence-corrected chi connectivity index (χ1v) is 9.60. The molecule has 1 aromatic heterocycles. The number of hydrogen-bond donors (Lipinski definition) is 0. The second-order valence-corrected chi connectivity index (χ2v) is 6.63. The summed E-state index contributed by atoms with van der Waals surface area (Å²) in [7, 11) is 0. The number of rotatable bonds is 6. The number of carbonyl (C=O) groups excluding carboxylic acids is 1. The lowest BCUT2D eigenvalue weighted by atomic mass is 9.93. The number of hydrogen-bond acceptors (Lipinski definition) is 5. The van der Waals surface area contributed by atoms with E-state index in [9.17, 15) is 9.59 Å². The maximum Gasteiger partial charge on any atom is 0.343 e. The second-order valence-electron chi connectivity index (χ2n) is 5.69. The van der Waals surface area contributed by atoms with Crippen molar-refractivity contribution >= 4 is 17.3 Å². The van der Waals surface area contributed by atoms with E-state index in [1.807, 2.05) is 67.6 Å². The number of benzene rings is 2. The molecule has 3 rings (SSSR count). The quantitative estimate of drug-likeness (QED) is 0.564. The Balaban J connectivity index is 2.42. The maximum atomic E-state index is 13.0. The molecule has 2 aromatic carbocycles.